The van der Waals surface area contributed by atoms with Gasteiger partial charge in [-0.1, -0.05) is 11.6 Å². The maximum Gasteiger partial charge on any atom is 0.277 e. The summed E-state index contributed by atoms with van der Waals surface area (Å²) in [6.07, 6.45) is -5.48. The molecule has 0 spiro atoms. The lowest BCUT2D eigenvalue weighted by atomic mass is 10.0. The van der Waals surface area contributed by atoms with Gasteiger partial charge in [-0.2, -0.15) is 0 Å². The van der Waals surface area contributed by atoms with Crippen molar-refractivity contribution >= 4 is 34.3 Å². The summed E-state index contributed by atoms with van der Waals surface area (Å²) in [6, 6.07) is 2.87. The number of aliphatic hydroxyl groups is 5. The first-order valence-corrected chi connectivity index (χ1v) is 8.75. The van der Waals surface area contributed by atoms with Crippen molar-refractivity contribution in [2.45, 2.75) is 23.4 Å². The first-order chi connectivity index (χ1) is 14.1. The molecule has 0 radical (unpaired) electrons. The summed E-state index contributed by atoms with van der Waals surface area (Å²) in [7, 11) is 2.78. The van der Waals surface area contributed by atoms with E-state index in [9.17, 15) is 30.0 Å². The number of imide groups is 1. The van der Waals surface area contributed by atoms with Gasteiger partial charge < -0.3 is 35.0 Å². The minimum Gasteiger partial charge on any atom is -0.493 e. The number of ether oxygens (including phenoxy) is 2. The van der Waals surface area contributed by atoms with Gasteiger partial charge in [0, 0.05) is 11.5 Å². The van der Waals surface area contributed by atoms with Crippen molar-refractivity contribution < 1.29 is 44.6 Å². The van der Waals surface area contributed by atoms with Gasteiger partial charge in [-0.05, 0) is 6.07 Å². The van der Waals surface area contributed by atoms with Crippen molar-refractivity contribution in [3.8, 4) is 11.5 Å². The first-order valence-electron chi connectivity index (χ1n) is 8.37. The van der Waals surface area contributed by atoms with E-state index in [1.165, 1.54) is 26.4 Å². The molecule has 0 fully saturated rings. The highest BCUT2D eigenvalue weighted by Gasteiger charge is 2.47. The van der Waals surface area contributed by atoms with E-state index in [-0.39, 0.29) is 22.3 Å². The van der Waals surface area contributed by atoms with Crippen molar-refractivity contribution in [1.29, 1.82) is 0 Å². The van der Waals surface area contributed by atoms with Gasteiger partial charge >= 0.3 is 0 Å². The average Bonchev–Trinajstić information content (AvgIpc) is 2.75. The molecule has 4 atom stereocenters. The monoisotopic (exact) mass is 445 g/mol. The van der Waals surface area contributed by atoms with E-state index < -0.39 is 41.8 Å². The number of fused-ring (bicyclic) bond motifs is 1. The van der Waals surface area contributed by atoms with Crippen LogP contribution in [-0.4, -0.2) is 91.5 Å². The second-order valence-electron chi connectivity index (χ2n) is 6.09. The molecule has 0 saturated heterocycles. The Morgan fingerprint density at radius 2 is 1.77 bits per heavy atom. The molecule has 0 aliphatic rings. The van der Waals surface area contributed by atoms with E-state index in [4.69, 9.17) is 26.2 Å². The number of aliphatic hydroxyl groups excluding tert-OH is 4. The van der Waals surface area contributed by atoms with Crippen LogP contribution in [0.2, 0.25) is 0 Å². The molecule has 2 amide bonds. The number of alkyl halides is 1. The SMILES string of the molecule is COc1cc2ncnc(C(=O)NC(=O)[C@@](O)(Cl)C(O)C(O)C(O)CO)c2cc1OC. The zero-order valence-electron chi connectivity index (χ0n) is 15.8. The number of nitrogens with zero attached hydrogens (tertiary/aromatic N) is 2. The van der Waals surface area contributed by atoms with Crippen LogP contribution < -0.4 is 14.8 Å². The zero-order chi connectivity index (χ0) is 22.6. The lowest BCUT2D eigenvalue weighted by Gasteiger charge is -2.30. The molecular weight excluding hydrogens is 426 g/mol. The fraction of sp³-hybridized carbons (Fsp3) is 0.412. The number of aromatic nitrogens is 2. The predicted molar refractivity (Wildman–Crippen MR) is 101 cm³/mol. The Kier molecular flexibility index (Phi) is 7.47. The fourth-order valence-electron chi connectivity index (χ4n) is 2.49. The molecule has 2 rings (SSSR count). The van der Waals surface area contributed by atoms with Gasteiger partial charge in [-0.15, -0.1) is 0 Å². The van der Waals surface area contributed by atoms with Crippen molar-refractivity contribution in [1.82, 2.24) is 15.3 Å². The van der Waals surface area contributed by atoms with Crippen LogP contribution >= 0.6 is 11.6 Å². The Hall–Kier alpha value is -2.61. The number of amides is 2. The van der Waals surface area contributed by atoms with Crippen LogP contribution in [0.4, 0.5) is 0 Å². The smallest absolute Gasteiger partial charge is 0.277 e. The quantitative estimate of drug-likeness (QED) is 0.244. The molecule has 1 aromatic heterocycles. The van der Waals surface area contributed by atoms with E-state index in [0.717, 1.165) is 6.33 Å². The van der Waals surface area contributed by atoms with Crippen molar-refractivity contribution in [2.24, 2.45) is 0 Å². The largest absolute Gasteiger partial charge is 0.493 e. The van der Waals surface area contributed by atoms with Crippen molar-refractivity contribution in [2.75, 3.05) is 20.8 Å². The Labute approximate surface area is 174 Å². The third-order valence-corrected chi connectivity index (χ3v) is 4.59. The summed E-state index contributed by atoms with van der Waals surface area (Å²) in [5, 5.41) is 46.4. The van der Waals surface area contributed by atoms with Crippen LogP contribution in [0.1, 0.15) is 10.5 Å². The maximum absolute atomic E-state index is 12.6. The summed E-state index contributed by atoms with van der Waals surface area (Å²) in [4.78, 5) is 32.6. The molecule has 3 unspecified atom stereocenters. The van der Waals surface area contributed by atoms with E-state index in [0.29, 0.717) is 5.75 Å². The predicted octanol–water partition coefficient (Wildman–Crippen LogP) is -2.09. The molecule has 1 heterocycles. The van der Waals surface area contributed by atoms with Crippen LogP contribution in [0.5, 0.6) is 11.5 Å². The molecule has 0 bridgehead atoms. The molecule has 6 N–H and O–H groups in total. The normalized spacial score (nSPS) is 16.3. The van der Waals surface area contributed by atoms with Crippen LogP contribution in [-0.2, 0) is 4.79 Å². The maximum atomic E-state index is 12.6. The highest BCUT2D eigenvalue weighted by Crippen LogP contribution is 2.32. The number of methoxy groups -OCH3 is 2. The number of carbonyl (C=O) groups excluding carboxylic acids is 2. The van der Waals surface area contributed by atoms with Crippen LogP contribution in [0.25, 0.3) is 10.9 Å². The molecule has 164 valence electrons. The first kappa shape index (κ1) is 23.7. The third kappa shape index (κ3) is 4.59. The van der Waals surface area contributed by atoms with Crippen LogP contribution in [0, 0.1) is 0 Å². The van der Waals surface area contributed by atoms with Crippen LogP contribution in [0.3, 0.4) is 0 Å². The lowest BCUT2D eigenvalue weighted by Crippen LogP contribution is -2.58. The van der Waals surface area contributed by atoms with Gasteiger partial charge in [0.15, 0.2) is 11.5 Å². The van der Waals surface area contributed by atoms with Gasteiger partial charge in [0.1, 0.15) is 30.3 Å². The Morgan fingerprint density at radius 1 is 1.17 bits per heavy atom. The highest BCUT2D eigenvalue weighted by molar-refractivity contribution is 6.35. The number of halogens is 1. The fourth-order valence-corrected chi connectivity index (χ4v) is 2.67. The summed E-state index contributed by atoms with van der Waals surface area (Å²) >= 11 is 5.59. The molecule has 2 aromatic rings. The van der Waals surface area contributed by atoms with Gasteiger partial charge in [-0.25, -0.2) is 9.97 Å². The second-order valence-corrected chi connectivity index (χ2v) is 6.66. The van der Waals surface area contributed by atoms with Crippen LogP contribution in [0.15, 0.2) is 18.5 Å². The number of carbonyl (C=O) groups is 2. The Bertz CT molecular complexity index is 940. The van der Waals surface area contributed by atoms with Crippen molar-refractivity contribution in [3.63, 3.8) is 0 Å². The number of rotatable bonds is 8. The van der Waals surface area contributed by atoms with E-state index >= 15 is 0 Å². The minimum atomic E-state index is -3.21. The number of hydrogen-bond donors (Lipinski definition) is 6. The minimum absolute atomic E-state index is 0.176. The lowest BCUT2D eigenvalue weighted by molar-refractivity contribution is -0.156. The summed E-state index contributed by atoms with van der Waals surface area (Å²) in [5.41, 5.74) is -0.00453. The number of hydrogen-bond acceptors (Lipinski definition) is 11. The summed E-state index contributed by atoms with van der Waals surface area (Å²) in [5.74, 6) is -2.12. The van der Waals surface area contributed by atoms with E-state index in [1.807, 2.05) is 0 Å². The van der Waals surface area contributed by atoms with E-state index in [2.05, 4.69) is 9.97 Å². The van der Waals surface area contributed by atoms with Gasteiger partial charge in [-0.3, -0.25) is 14.9 Å². The molecule has 1 aromatic carbocycles. The molecule has 0 aliphatic carbocycles. The third-order valence-electron chi connectivity index (χ3n) is 4.20. The molecular formula is C17H20ClN3O9. The standard InChI is InChI=1S/C17H20ClN3O9/c1-29-10-3-7-8(4-11(10)30-2)19-6-20-12(7)15(26)21-16(27)17(18,28)14(25)13(24)9(23)5-22/h3-4,6,9,13-14,22-25,28H,5H2,1-2H3,(H,21,26,27)/t9?,13?,14?,17-/m1/s1. The topological polar surface area (TPSA) is 192 Å². The van der Waals surface area contributed by atoms with Crippen molar-refractivity contribution in [3.05, 3.63) is 24.2 Å². The molecule has 12 nitrogen and oxygen atoms in total. The van der Waals surface area contributed by atoms with Gasteiger partial charge in [0.05, 0.1) is 26.3 Å². The molecule has 30 heavy (non-hydrogen) atoms. The molecule has 13 heteroatoms. The Balaban J connectivity index is 2.33. The summed E-state index contributed by atoms with van der Waals surface area (Å²) in [6.45, 7) is -0.982. The number of benzene rings is 1. The highest BCUT2D eigenvalue weighted by atomic mass is 35.5. The van der Waals surface area contributed by atoms with E-state index in [1.54, 1.807) is 5.32 Å². The molecule has 0 saturated carbocycles. The Morgan fingerprint density at radius 3 is 2.33 bits per heavy atom. The summed E-state index contributed by atoms with van der Waals surface area (Å²) < 4.78 is 10.3. The van der Waals surface area contributed by atoms with Gasteiger partial charge in [0.25, 0.3) is 11.8 Å². The zero-order valence-corrected chi connectivity index (χ0v) is 16.6. The average molecular weight is 446 g/mol. The second kappa shape index (κ2) is 9.47. The molecule has 0 aliphatic heterocycles. The number of nitrogens with one attached hydrogen (secondary N) is 1. The van der Waals surface area contributed by atoms with Gasteiger partial charge in [0.2, 0.25) is 5.06 Å².